The molecule has 3 N–H and O–H groups in total. The van der Waals surface area contributed by atoms with Crippen LogP contribution in [0.3, 0.4) is 0 Å². The molecule has 0 fully saturated rings. The monoisotopic (exact) mass is 222 g/mol. The first-order valence-electron chi connectivity index (χ1n) is 5.83. The number of hydrogen-bond acceptors (Lipinski definition) is 3. The Morgan fingerprint density at radius 1 is 1.31 bits per heavy atom. The summed E-state index contributed by atoms with van der Waals surface area (Å²) in [5, 5.41) is 3.43. The highest BCUT2D eigenvalue weighted by Crippen LogP contribution is 2.26. The van der Waals surface area contributed by atoms with Gasteiger partial charge in [0.2, 0.25) is 0 Å². The van der Waals surface area contributed by atoms with E-state index in [9.17, 15) is 0 Å². The van der Waals surface area contributed by atoms with Gasteiger partial charge < -0.3 is 15.8 Å². The first kappa shape index (κ1) is 12.7. The highest BCUT2D eigenvalue weighted by Gasteiger charge is 2.08. The zero-order valence-corrected chi connectivity index (χ0v) is 10.6. The van der Waals surface area contributed by atoms with Crippen LogP contribution < -0.4 is 15.8 Å². The molecule has 0 heterocycles. The Hall–Kier alpha value is -1.38. The molecule has 0 saturated carbocycles. The normalized spacial score (nSPS) is 12.6. The lowest BCUT2D eigenvalue weighted by Crippen LogP contribution is -2.21. The molecule has 0 aliphatic carbocycles. The zero-order chi connectivity index (χ0) is 12.1. The molecule has 0 bridgehead atoms. The molecular weight excluding hydrogens is 200 g/mol. The van der Waals surface area contributed by atoms with Gasteiger partial charge in [0, 0.05) is 17.8 Å². The summed E-state index contributed by atoms with van der Waals surface area (Å²) < 4.78 is 5.45. The Labute approximate surface area is 98.0 Å². The molecule has 3 heteroatoms. The third kappa shape index (κ3) is 3.33. The van der Waals surface area contributed by atoms with Crippen molar-refractivity contribution in [3.8, 4) is 5.75 Å². The fourth-order valence-corrected chi connectivity index (χ4v) is 1.33. The number of rotatable bonds is 5. The van der Waals surface area contributed by atoms with Crippen molar-refractivity contribution in [2.45, 2.75) is 33.7 Å². The van der Waals surface area contributed by atoms with Crippen molar-refractivity contribution in [3.63, 3.8) is 0 Å². The largest absolute Gasteiger partial charge is 0.492 e. The highest BCUT2D eigenvalue weighted by molar-refractivity contribution is 5.61. The molecule has 1 aromatic rings. The Morgan fingerprint density at radius 3 is 2.56 bits per heavy atom. The van der Waals surface area contributed by atoms with Crippen LogP contribution in [0.4, 0.5) is 11.4 Å². The van der Waals surface area contributed by atoms with Crippen LogP contribution in [0.25, 0.3) is 0 Å². The maximum absolute atomic E-state index is 5.81. The van der Waals surface area contributed by atoms with Gasteiger partial charge in [-0.2, -0.15) is 0 Å². The summed E-state index contributed by atoms with van der Waals surface area (Å²) in [6.07, 6.45) is 0. The average Bonchev–Trinajstić information content (AvgIpc) is 2.23. The lowest BCUT2D eigenvalue weighted by atomic mass is 10.1. The van der Waals surface area contributed by atoms with Gasteiger partial charge in [-0.1, -0.05) is 13.8 Å². The SMILES string of the molecule is CCOc1cc(NC(C)C(C)C)ccc1N. The van der Waals surface area contributed by atoms with Crippen molar-refractivity contribution in [2.24, 2.45) is 5.92 Å². The van der Waals surface area contributed by atoms with E-state index in [4.69, 9.17) is 10.5 Å². The molecule has 0 aromatic heterocycles. The number of anilines is 2. The van der Waals surface area contributed by atoms with E-state index in [-0.39, 0.29) is 0 Å². The van der Waals surface area contributed by atoms with Crippen LogP contribution in [-0.2, 0) is 0 Å². The lowest BCUT2D eigenvalue weighted by Gasteiger charge is -2.19. The smallest absolute Gasteiger partial charge is 0.144 e. The van der Waals surface area contributed by atoms with Gasteiger partial charge in [0.1, 0.15) is 5.75 Å². The molecule has 1 rings (SSSR count). The van der Waals surface area contributed by atoms with Crippen molar-refractivity contribution < 1.29 is 4.74 Å². The van der Waals surface area contributed by atoms with Crippen molar-refractivity contribution in [2.75, 3.05) is 17.7 Å². The number of hydrogen-bond donors (Lipinski definition) is 2. The van der Waals surface area contributed by atoms with E-state index in [1.54, 1.807) is 0 Å². The third-order valence-electron chi connectivity index (χ3n) is 2.71. The summed E-state index contributed by atoms with van der Waals surface area (Å²) in [7, 11) is 0. The molecule has 0 saturated heterocycles. The first-order valence-corrected chi connectivity index (χ1v) is 5.83. The van der Waals surface area contributed by atoms with Gasteiger partial charge in [-0.05, 0) is 31.9 Å². The van der Waals surface area contributed by atoms with Gasteiger partial charge in [0.15, 0.2) is 0 Å². The predicted molar refractivity (Wildman–Crippen MR) is 69.9 cm³/mol. The number of ether oxygens (including phenoxy) is 1. The molecule has 1 atom stereocenters. The standard InChI is InChI=1S/C13H22N2O/c1-5-16-13-8-11(6-7-12(13)14)15-10(4)9(2)3/h6-10,15H,5,14H2,1-4H3. The van der Waals surface area contributed by atoms with E-state index in [1.807, 2.05) is 25.1 Å². The predicted octanol–water partition coefficient (Wildman–Crippen LogP) is 3.12. The molecule has 0 amide bonds. The van der Waals surface area contributed by atoms with E-state index in [2.05, 4.69) is 26.1 Å². The second-order valence-electron chi connectivity index (χ2n) is 4.36. The van der Waals surface area contributed by atoms with Crippen LogP contribution in [0.2, 0.25) is 0 Å². The fourth-order valence-electron chi connectivity index (χ4n) is 1.33. The third-order valence-corrected chi connectivity index (χ3v) is 2.71. The van der Waals surface area contributed by atoms with E-state index in [0.29, 0.717) is 24.3 Å². The van der Waals surface area contributed by atoms with Crippen molar-refractivity contribution in [1.82, 2.24) is 0 Å². The van der Waals surface area contributed by atoms with E-state index in [1.165, 1.54) is 0 Å². The van der Waals surface area contributed by atoms with Gasteiger partial charge in [-0.3, -0.25) is 0 Å². The summed E-state index contributed by atoms with van der Waals surface area (Å²) in [5.74, 6) is 1.34. The molecule has 0 aliphatic heterocycles. The second-order valence-corrected chi connectivity index (χ2v) is 4.36. The highest BCUT2D eigenvalue weighted by atomic mass is 16.5. The van der Waals surface area contributed by atoms with Crippen LogP contribution in [0.15, 0.2) is 18.2 Å². The number of benzene rings is 1. The summed E-state index contributed by atoms with van der Waals surface area (Å²) in [6, 6.07) is 6.24. The van der Waals surface area contributed by atoms with Crippen LogP contribution in [0, 0.1) is 5.92 Å². The van der Waals surface area contributed by atoms with Crippen molar-refractivity contribution in [1.29, 1.82) is 0 Å². The molecule has 1 aromatic carbocycles. The van der Waals surface area contributed by atoms with Crippen LogP contribution >= 0.6 is 0 Å². The zero-order valence-electron chi connectivity index (χ0n) is 10.6. The van der Waals surface area contributed by atoms with Gasteiger partial charge in [-0.25, -0.2) is 0 Å². The number of nitrogens with one attached hydrogen (secondary N) is 1. The van der Waals surface area contributed by atoms with E-state index in [0.717, 1.165) is 11.4 Å². The molecular formula is C13H22N2O. The van der Waals surface area contributed by atoms with Crippen molar-refractivity contribution >= 4 is 11.4 Å². The number of nitrogens with two attached hydrogens (primary N) is 1. The fraction of sp³-hybridized carbons (Fsp3) is 0.538. The maximum atomic E-state index is 5.81. The minimum absolute atomic E-state index is 0.429. The molecule has 0 aliphatic rings. The first-order chi connectivity index (χ1) is 7.54. The molecule has 3 nitrogen and oxygen atoms in total. The second kappa shape index (κ2) is 5.64. The summed E-state index contributed by atoms with van der Waals surface area (Å²) in [5.41, 5.74) is 7.55. The minimum Gasteiger partial charge on any atom is -0.492 e. The average molecular weight is 222 g/mol. The topological polar surface area (TPSA) is 47.3 Å². The Morgan fingerprint density at radius 2 is 2.00 bits per heavy atom. The minimum atomic E-state index is 0.429. The summed E-state index contributed by atoms with van der Waals surface area (Å²) in [6.45, 7) is 9.14. The Bertz CT molecular complexity index is 337. The van der Waals surface area contributed by atoms with E-state index >= 15 is 0 Å². The van der Waals surface area contributed by atoms with Gasteiger partial charge in [-0.15, -0.1) is 0 Å². The molecule has 0 spiro atoms. The van der Waals surface area contributed by atoms with Gasteiger partial charge in [0.05, 0.1) is 12.3 Å². The molecule has 16 heavy (non-hydrogen) atoms. The quantitative estimate of drug-likeness (QED) is 0.752. The van der Waals surface area contributed by atoms with Gasteiger partial charge >= 0.3 is 0 Å². The van der Waals surface area contributed by atoms with Crippen LogP contribution in [0.5, 0.6) is 5.75 Å². The van der Waals surface area contributed by atoms with E-state index < -0.39 is 0 Å². The summed E-state index contributed by atoms with van der Waals surface area (Å²) in [4.78, 5) is 0. The summed E-state index contributed by atoms with van der Waals surface area (Å²) >= 11 is 0. The van der Waals surface area contributed by atoms with Gasteiger partial charge in [0.25, 0.3) is 0 Å². The van der Waals surface area contributed by atoms with Crippen LogP contribution in [-0.4, -0.2) is 12.6 Å². The molecule has 0 radical (unpaired) electrons. The van der Waals surface area contributed by atoms with Crippen molar-refractivity contribution in [3.05, 3.63) is 18.2 Å². The maximum Gasteiger partial charge on any atom is 0.144 e. The van der Waals surface area contributed by atoms with Crippen LogP contribution in [0.1, 0.15) is 27.7 Å². The molecule has 90 valence electrons. The Kier molecular flexibility index (Phi) is 4.47. The number of nitrogen functional groups attached to an aromatic ring is 1. The lowest BCUT2D eigenvalue weighted by molar-refractivity contribution is 0.342. The molecule has 1 unspecified atom stereocenters. The Balaban J connectivity index is 2.78.